The van der Waals surface area contributed by atoms with E-state index < -0.39 is 22.1 Å². The van der Waals surface area contributed by atoms with Gasteiger partial charge in [-0.2, -0.15) is 0 Å². The molecule has 2 aromatic carbocycles. The number of rotatable bonds is 13. The number of amides is 2. The molecule has 212 valence electrons. The standard InChI is InChI=1S/C29H33N3O7S/c1-3-24(4-2)38-29(35)39-27-16-14-23(20-31-27)28(34)32-40(36,37)25-12-8-11-22(19-25)17-18-30-26(33)15-13-21-9-6-5-7-10-21/h5-12,14,16,19-20,24H,3-4,13,15,17-18H2,1-2H3,(H,30,33)(H,32,34). The van der Waals surface area contributed by atoms with Gasteiger partial charge >= 0.3 is 6.16 Å². The van der Waals surface area contributed by atoms with E-state index in [1.54, 1.807) is 12.1 Å². The first-order valence-electron chi connectivity index (χ1n) is 13.0. The number of hydrogen-bond donors (Lipinski definition) is 2. The molecule has 1 aromatic heterocycles. The van der Waals surface area contributed by atoms with Crippen LogP contribution in [-0.2, 0) is 32.4 Å². The van der Waals surface area contributed by atoms with E-state index in [2.05, 4.69) is 10.3 Å². The number of carbonyl (C=O) groups excluding carboxylic acids is 3. The predicted molar refractivity (Wildman–Crippen MR) is 148 cm³/mol. The van der Waals surface area contributed by atoms with Gasteiger partial charge in [0.15, 0.2) is 0 Å². The number of carbonyl (C=O) groups is 3. The van der Waals surface area contributed by atoms with Gasteiger partial charge < -0.3 is 14.8 Å². The molecule has 0 radical (unpaired) electrons. The van der Waals surface area contributed by atoms with Crippen molar-refractivity contribution in [3.63, 3.8) is 0 Å². The van der Waals surface area contributed by atoms with Crippen LogP contribution < -0.4 is 14.8 Å². The fourth-order valence-electron chi connectivity index (χ4n) is 3.72. The first-order chi connectivity index (χ1) is 19.2. The Hall–Kier alpha value is -4.25. The number of aromatic nitrogens is 1. The third-order valence-corrected chi connectivity index (χ3v) is 7.34. The van der Waals surface area contributed by atoms with Gasteiger partial charge in [0.2, 0.25) is 11.8 Å². The number of nitrogens with zero attached hydrogens (tertiary/aromatic N) is 1. The third-order valence-electron chi connectivity index (χ3n) is 6.02. The number of ether oxygens (including phenoxy) is 2. The van der Waals surface area contributed by atoms with Crippen LogP contribution in [0.2, 0.25) is 0 Å². The van der Waals surface area contributed by atoms with Crippen LogP contribution in [-0.4, -0.2) is 44.0 Å². The minimum atomic E-state index is -4.18. The van der Waals surface area contributed by atoms with E-state index in [1.165, 1.54) is 24.3 Å². The maximum absolute atomic E-state index is 12.8. The summed E-state index contributed by atoms with van der Waals surface area (Å²) in [5.41, 5.74) is 1.72. The predicted octanol–water partition coefficient (Wildman–Crippen LogP) is 4.20. The smallest absolute Gasteiger partial charge is 0.431 e. The summed E-state index contributed by atoms with van der Waals surface area (Å²) < 4.78 is 37.8. The monoisotopic (exact) mass is 567 g/mol. The molecule has 2 amide bonds. The summed E-state index contributed by atoms with van der Waals surface area (Å²) in [6, 6.07) is 18.4. The highest BCUT2D eigenvalue weighted by atomic mass is 32.2. The molecular weight excluding hydrogens is 534 g/mol. The molecule has 0 aliphatic heterocycles. The van der Waals surface area contributed by atoms with Crippen LogP contribution in [0.5, 0.6) is 5.88 Å². The Bertz CT molecular complexity index is 1390. The molecule has 0 spiro atoms. The van der Waals surface area contributed by atoms with Crippen LogP contribution in [0.15, 0.2) is 77.8 Å². The Morgan fingerprint density at radius 1 is 0.900 bits per heavy atom. The van der Waals surface area contributed by atoms with E-state index in [0.29, 0.717) is 44.2 Å². The number of benzene rings is 2. The molecule has 0 saturated heterocycles. The van der Waals surface area contributed by atoms with Crippen molar-refractivity contribution in [1.29, 1.82) is 0 Å². The molecule has 0 saturated carbocycles. The highest BCUT2D eigenvalue weighted by Crippen LogP contribution is 2.15. The van der Waals surface area contributed by atoms with Gasteiger partial charge in [0.05, 0.1) is 10.5 Å². The van der Waals surface area contributed by atoms with Crippen molar-refractivity contribution >= 4 is 28.0 Å². The van der Waals surface area contributed by atoms with Crippen molar-refractivity contribution in [2.45, 2.75) is 57.0 Å². The average Bonchev–Trinajstić information content (AvgIpc) is 2.95. The lowest BCUT2D eigenvalue weighted by Crippen LogP contribution is -2.30. The lowest BCUT2D eigenvalue weighted by Gasteiger charge is -2.13. The number of hydrogen-bond acceptors (Lipinski definition) is 8. The highest BCUT2D eigenvalue weighted by Gasteiger charge is 2.20. The average molecular weight is 568 g/mol. The fraction of sp³-hybridized carbons (Fsp3) is 0.310. The van der Waals surface area contributed by atoms with Crippen molar-refractivity contribution in [2.75, 3.05) is 6.54 Å². The second-order valence-corrected chi connectivity index (χ2v) is 10.6. The van der Waals surface area contributed by atoms with Crippen molar-refractivity contribution in [2.24, 2.45) is 0 Å². The number of nitrogens with one attached hydrogen (secondary N) is 2. The summed E-state index contributed by atoms with van der Waals surface area (Å²) in [5, 5.41) is 2.84. The van der Waals surface area contributed by atoms with E-state index in [4.69, 9.17) is 9.47 Å². The van der Waals surface area contributed by atoms with Crippen LogP contribution in [0, 0.1) is 0 Å². The maximum atomic E-state index is 12.8. The zero-order chi connectivity index (χ0) is 29.0. The Morgan fingerprint density at radius 2 is 1.62 bits per heavy atom. The van der Waals surface area contributed by atoms with Gasteiger partial charge in [0.25, 0.3) is 15.9 Å². The molecule has 0 aliphatic carbocycles. The van der Waals surface area contributed by atoms with E-state index in [1.807, 2.05) is 48.9 Å². The SMILES string of the molecule is CCC(CC)OC(=O)Oc1ccc(C(=O)NS(=O)(=O)c2cccc(CCNC(=O)CCc3ccccc3)c2)cn1. The molecule has 0 atom stereocenters. The summed E-state index contributed by atoms with van der Waals surface area (Å²) in [6.07, 6.45) is 2.60. The Labute approximate surface area is 234 Å². The van der Waals surface area contributed by atoms with Gasteiger partial charge in [0.1, 0.15) is 6.10 Å². The Kier molecular flexibility index (Phi) is 11.2. The number of sulfonamides is 1. The first-order valence-corrected chi connectivity index (χ1v) is 14.5. The topological polar surface area (TPSA) is 141 Å². The largest absolute Gasteiger partial charge is 0.515 e. The van der Waals surface area contributed by atoms with Crippen molar-refractivity contribution in [3.05, 3.63) is 89.6 Å². The minimum Gasteiger partial charge on any atom is -0.431 e. The molecular formula is C29H33N3O7S. The molecule has 0 aliphatic rings. The van der Waals surface area contributed by atoms with Gasteiger partial charge in [0, 0.05) is 25.2 Å². The molecule has 10 nitrogen and oxygen atoms in total. The molecule has 3 rings (SSSR count). The van der Waals surface area contributed by atoms with Gasteiger partial charge in [-0.3, -0.25) is 9.59 Å². The summed E-state index contributed by atoms with van der Waals surface area (Å²) in [5.74, 6) is -1.07. The van der Waals surface area contributed by atoms with Crippen LogP contribution in [0.4, 0.5) is 4.79 Å². The van der Waals surface area contributed by atoms with E-state index in [9.17, 15) is 22.8 Å². The van der Waals surface area contributed by atoms with Crippen LogP contribution >= 0.6 is 0 Å². The fourth-order valence-corrected chi connectivity index (χ4v) is 4.77. The lowest BCUT2D eigenvalue weighted by molar-refractivity contribution is -0.121. The lowest BCUT2D eigenvalue weighted by atomic mass is 10.1. The normalized spacial score (nSPS) is 11.1. The summed E-state index contributed by atoms with van der Waals surface area (Å²) in [4.78, 5) is 40.4. The quantitative estimate of drug-likeness (QED) is 0.293. The van der Waals surface area contributed by atoms with Gasteiger partial charge in [-0.15, -0.1) is 0 Å². The zero-order valence-electron chi connectivity index (χ0n) is 22.5. The van der Waals surface area contributed by atoms with Gasteiger partial charge in [-0.1, -0.05) is 56.3 Å². The molecule has 0 unspecified atom stereocenters. The first kappa shape index (κ1) is 30.3. The Morgan fingerprint density at radius 3 is 2.30 bits per heavy atom. The van der Waals surface area contributed by atoms with Crippen LogP contribution in [0.25, 0.3) is 0 Å². The highest BCUT2D eigenvalue weighted by molar-refractivity contribution is 7.90. The third kappa shape index (κ3) is 9.49. The molecule has 11 heteroatoms. The summed E-state index contributed by atoms with van der Waals surface area (Å²) >= 11 is 0. The summed E-state index contributed by atoms with van der Waals surface area (Å²) in [7, 11) is -4.18. The number of aryl methyl sites for hydroxylation is 1. The van der Waals surface area contributed by atoms with Crippen molar-refractivity contribution < 1.29 is 32.3 Å². The van der Waals surface area contributed by atoms with Crippen molar-refractivity contribution in [1.82, 2.24) is 15.0 Å². The minimum absolute atomic E-state index is 0.0429. The van der Waals surface area contributed by atoms with E-state index in [-0.39, 0.29) is 28.4 Å². The van der Waals surface area contributed by atoms with Gasteiger partial charge in [-0.25, -0.2) is 22.9 Å². The summed E-state index contributed by atoms with van der Waals surface area (Å²) in [6.45, 7) is 4.10. The van der Waals surface area contributed by atoms with E-state index >= 15 is 0 Å². The van der Waals surface area contributed by atoms with Crippen LogP contribution in [0.1, 0.15) is 54.6 Å². The zero-order valence-corrected chi connectivity index (χ0v) is 23.3. The van der Waals surface area contributed by atoms with E-state index in [0.717, 1.165) is 11.8 Å². The second-order valence-electron chi connectivity index (χ2n) is 8.96. The molecule has 0 bridgehead atoms. The molecule has 3 aromatic rings. The van der Waals surface area contributed by atoms with Crippen LogP contribution in [0.3, 0.4) is 0 Å². The maximum Gasteiger partial charge on any atom is 0.515 e. The molecule has 2 N–H and O–H groups in total. The molecule has 40 heavy (non-hydrogen) atoms. The Balaban J connectivity index is 1.51. The second kappa shape index (κ2) is 14.8. The van der Waals surface area contributed by atoms with Gasteiger partial charge in [-0.05, 0) is 55.0 Å². The molecule has 0 fully saturated rings. The molecule has 1 heterocycles. The van der Waals surface area contributed by atoms with Crippen molar-refractivity contribution in [3.8, 4) is 5.88 Å². The number of pyridine rings is 1.